The average Bonchev–Trinajstić information content (AvgIpc) is 3.04. The summed E-state index contributed by atoms with van der Waals surface area (Å²) in [7, 11) is 0. The van der Waals surface area contributed by atoms with Crippen molar-refractivity contribution in [1.82, 2.24) is 15.2 Å². The Labute approximate surface area is 153 Å². The van der Waals surface area contributed by atoms with E-state index < -0.39 is 0 Å². The number of fused-ring (bicyclic) bond motifs is 1. The van der Waals surface area contributed by atoms with Crippen LogP contribution < -0.4 is 9.64 Å². The number of anilines is 1. The lowest BCUT2D eigenvalue weighted by Crippen LogP contribution is -2.36. The molecule has 0 bridgehead atoms. The van der Waals surface area contributed by atoms with Gasteiger partial charge in [0.15, 0.2) is 0 Å². The van der Waals surface area contributed by atoms with Gasteiger partial charge in [0.25, 0.3) is 0 Å². The van der Waals surface area contributed by atoms with Crippen LogP contribution in [0, 0.1) is 0 Å². The van der Waals surface area contributed by atoms with Crippen molar-refractivity contribution in [3.8, 4) is 17.0 Å². The monoisotopic (exact) mass is 352 g/mol. The van der Waals surface area contributed by atoms with E-state index in [1.165, 1.54) is 0 Å². The van der Waals surface area contributed by atoms with Crippen LogP contribution in [-0.2, 0) is 4.74 Å². The van der Waals surface area contributed by atoms with E-state index >= 15 is 0 Å². The van der Waals surface area contributed by atoms with E-state index in [1.54, 1.807) is 0 Å². The summed E-state index contributed by atoms with van der Waals surface area (Å²) in [6.07, 6.45) is 1.84. The summed E-state index contributed by atoms with van der Waals surface area (Å²) < 4.78 is 11.4. The molecule has 6 nitrogen and oxygen atoms in total. The molecule has 0 radical (unpaired) electrons. The van der Waals surface area contributed by atoms with Crippen molar-refractivity contribution >= 4 is 16.7 Å². The van der Waals surface area contributed by atoms with E-state index in [9.17, 15) is 0 Å². The molecule has 136 valence electrons. The zero-order valence-corrected chi connectivity index (χ0v) is 15.5. The number of nitrogens with zero attached hydrogens (tertiary/aromatic N) is 3. The molecule has 1 N–H and O–H groups in total. The van der Waals surface area contributed by atoms with E-state index in [0.717, 1.165) is 60.0 Å². The normalized spacial score (nSPS) is 15.4. The molecule has 6 heteroatoms. The predicted molar refractivity (Wildman–Crippen MR) is 103 cm³/mol. The van der Waals surface area contributed by atoms with Crippen LogP contribution in [0.1, 0.15) is 20.8 Å². The molecule has 0 unspecified atom stereocenters. The van der Waals surface area contributed by atoms with Crippen molar-refractivity contribution in [1.29, 1.82) is 0 Å². The SMILES string of the molecule is CC(C)(C)Oc1ccc2[nH]nc(-c3ccnc(N4CCOCC4)c3)c2c1. The van der Waals surface area contributed by atoms with Crippen molar-refractivity contribution in [2.75, 3.05) is 31.2 Å². The fourth-order valence-corrected chi connectivity index (χ4v) is 3.16. The maximum atomic E-state index is 6.01. The summed E-state index contributed by atoms with van der Waals surface area (Å²) in [6, 6.07) is 10.1. The smallest absolute Gasteiger partial charge is 0.129 e. The standard InChI is InChI=1S/C20H24N4O2/c1-20(2,3)26-15-4-5-17-16(13-15)19(23-22-17)14-6-7-21-18(12-14)24-8-10-25-11-9-24/h4-7,12-13H,8-11H2,1-3H3,(H,22,23). The lowest BCUT2D eigenvalue weighted by Gasteiger charge is -2.27. The Balaban J connectivity index is 1.71. The predicted octanol–water partition coefficient (Wildman–Crippen LogP) is 3.64. The number of rotatable bonds is 3. The number of hydrogen-bond donors (Lipinski definition) is 1. The molecule has 3 aromatic rings. The third-order valence-corrected chi connectivity index (χ3v) is 4.31. The first-order valence-corrected chi connectivity index (χ1v) is 8.96. The molecule has 1 aliphatic heterocycles. The van der Waals surface area contributed by atoms with Gasteiger partial charge in [0, 0.05) is 30.2 Å². The zero-order valence-electron chi connectivity index (χ0n) is 15.5. The molecular weight excluding hydrogens is 328 g/mol. The number of H-pyrrole nitrogens is 1. The molecule has 0 aliphatic carbocycles. The van der Waals surface area contributed by atoms with Gasteiger partial charge in [0.1, 0.15) is 22.9 Å². The highest BCUT2D eigenvalue weighted by atomic mass is 16.5. The molecule has 0 atom stereocenters. The van der Waals surface area contributed by atoms with Gasteiger partial charge < -0.3 is 14.4 Å². The largest absolute Gasteiger partial charge is 0.488 e. The van der Waals surface area contributed by atoms with Crippen molar-refractivity contribution in [2.24, 2.45) is 0 Å². The fourth-order valence-electron chi connectivity index (χ4n) is 3.16. The van der Waals surface area contributed by atoms with Crippen LogP contribution in [0.5, 0.6) is 5.75 Å². The van der Waals surface area contributed by atoms with Crippen molar-refractivity contribution in [2.45, 2.75) is 26.4 Å². The molecule has 0 saturated carbocycles. The first-order chi connectivity index (χ1) is 12.5. The third-order valence-electron chi connectivity index (χ3n) is 4.31. The average molecular weight is 352 g/mol. The number of aromatic nitrogens is 3. The van der Waals surface area contributed by atoms with Crippen LogP contribution in [-0.4, -0.2) is 47.1 Å². The number of aromatic amines is 1. The Morgan fingerprint density at radius 3 is 2.69 bits per heavy atom. The zero-order chi connectivity index (χ0) is 18.1. The van der Waals surface area contributed by atoms with E-state index in [0.29, 0.717) is 0 Å². The van der Waals surface area contributed by atoms with E-state index in [4.69, 9.17) is 9.47 Å². The van der Waals surface area contributed by atoms with Gasteiger partial charge in [-0.3, -0.25) is 5.10 Å². The molecule has 3 heterocycles. The van der Waals surface area contributed by atoms with Crippen molar-refractivity contribution in [3.63, 3.8) is 0 Å². The van der Waals surface area contributed by atoms with Gasteiger partial charge in [-0.15, -0.1) is 0 Å². The molecule has 1 saturated heterocycles. The summed E-state index contributed by atoms with van der Waals surface area (Å²) in [4.78, 5) is 6.77. The Morgan fingerprint density at radius 2 is 1.92 bits per heavy atom. The lowest BCUT2D eigenvalue weighted by molar-refractivity contribution is 0.122. The van der Waals surface area contributed by atoms with Crippen LogP contribution in [0.3, 0.4) is 0 Å². The molecule has 0 amide bonds. The summed E-state index contributed by atoms with van der Waals surface area (Å²) >= 11 is 0. The summed E-state index contributed by atoms with van der Waals surface area (Å²) in [5, 5.41) is 8.70. The topological polar surface area (TPSA) is 63.3 Å². The number of nitrogens with one attached hydrogen (secondary N) is 1. The van der Waals surface area contributed by atoms with Crippen LogP contribution in [0.2, 0.25) is 0 Å². The Bertz CT molecular complexity index is 908. The summed E-state index contributed by atoms with van der Waals surface area (Å²) in [5.41, 5.74) is 2.71. The van der Waals surface area contributed by atoms with E-state index in [-0.39, 0.29) is 5.60 Å². The quantitative estimate of drug-likeness (QED) is 0.780. The molecule has 1 aliphatic rings. The maximum absolute atomic E-state index is 6.01. The second kappa shape index (κ2) is 6.61. The van der Waals surface area contributed by atoms with Crippen LogP contribution in [0.15, 0.2) is 36.5 Å². The fraction of sp³-hybridized carbons (Fsp3) is 0.400. The van der Waals surface area contributed by atoms with E-state index in [1.807, 2.05) is 51.2 Å². The minimum Gasteiger partial charge on any atom is -0.488 e. The highest BCUT2D eigenvalue weighted by molar-refractivity contribution is 5.94. The Morgan fingerprint density at radius 1 is 1.12 bits per heavy atom. The lowest BCUT2D eigenvalue weighted by atomic mass is 10.1. The van der Waals surface area contributed by atoms with Gasteiger partial charge >= 0.3 is 0 Å². The van der Waals surface area contributed by atoms with Crippen molar-refractivity contribution < 1.29 is 9.47 Å². The molecular formula is C20H24N4O2. The Kier molecular flexibility index (Phi) is 4.28. The molecule has 26 heavy (non-hydrogen) atoms. The third kappa shape index (κ3) is 3.51. The van der Waals surface area contributed by atoms with Gasteiger partial charge in [-0.25, -0.2) is 4.98 Å². The number of hydrogen-bond acceptors (Lipinski definition) is 5. The van der Waals surface area contributed by atoms with Gasteiger partial charge in [0.05, 0.1) is 18.7 Å². The second-order valence-electron chi connectivity index (χ2n) is 7.50. The highest BCUT2D eigenvalue weighted by Gasteiger charge is 2.16. The molecule has 1 fully saturated rings. The van der Waals surface area contributed by atoms with Gasteiger partial charge in [-0.05, 0) is 51.1 Å². The van der Waals surface area contributed by atoms with E-state index in [2.05, 4.69) is 26.1 Å². The minimum absolute atomic E-state index is 0.238. The maximum Gasteiger partial charge on any atom is 0.129 e. The van der Waals surface area contributed by atoms with Crippen LogP contribution in [0.25, 0.3) is 22.2 Å². The first kappa shape index (κ1) is 16.8. The summed E-state index contributed by atoms with van der Waals surface area (Å²) in [6.45, 7) is 9.35. The van der Waals surface area contributed by atoms with Gasteiger partial charge in [-0.2, -0.15) is 5.10 Å². The minimum atomic E-state index is -0.238. The van der Waals surface area contributed by atoms with Crippen molar-refractivity contribution in [3.05, 3.63) is 36.5 Å². The van der Waals surface area contributed by atoms with Crippen LogP contribution in [0.4, 0.5) is 5.82 Å². The number of morpholine rings is 1. The number of pyridine rings is 1. The second-order valence-corrected chi connectivity index (χ2v) is 7.50. The molecule has 2 aromatic heterocycles. The number of ether oxygens (including phenoxy) is 2. The Hall–Kier alpha value is -2.60. The molecule has 1 aromatic carbocycles. The molecule has 0 spiro atoms. The highest BCUT2D eigenvalue weighted by Crippen LogP contribution is 2.31. The number of benzene rings is 1. The van der Waals surface area contributed by atoms with Gasteiger partial charge in [-0.1, -0.05) is 0 Å². The van der Waals surface area contributed by atoms with Crippen LogP contribution >= 0.6 is 0 Å². The van der Waals surface area contributed by atoms with Gasteiger partial charge in [0.2, 0.25) is 0 Å². The molecule has 4 rings (SSSR count). The first-order valence-electron chi connectivity index (χ1n) is 8.96. The summed E-state index contributed by atoms with van der Waals surface area (Å²) in [5.74, 6) is 1.80.